The first-order valence-electron chi connectivity index (χ1n) is 8.29. The highest BCUT2D eigenvalue weighted by Crippen LogP contribution is 2.38. The lowest BCUT2D eigenvalue weighted by molar-refractivity contribution is 0.283. The lowest BCUT2D eigenvalue weighted by Crippen LogP contribution is -2.04. The second-order valence-corrected chi connectivity index (χ2v) is 6.22. The van der Waals surface area contributed by atoms with Gasteiger partial charge in [-0.3, -0.25) is 0 Å². The number of rotatable bonds is 3. The Hall–Kier alpha value is -3.26. The van der Waals surface area contributed by atoms with E-state index in [0.717, 1.165) is 0 Å². The lowest BCUT2D eigenvalue weighted by Gasteiger charge is -2.13. The average molecular weight is 387 g/mol. The quantitative estimate of drug-likeness (QED) is 0.420. The summed E-state index contributed by atoms with van der Waals surface area (Å²) in [5.41, 5.74) is -0.981. The summed E-state index contributed by atoms with van der Waals surface area (Å²) in [6.45, 7) is -0.487. The van der Waals surface area contributed by atoms with Crippen LogP contribution in [0.3, 0.4) is 0 Å². The number of hydrogen-bond donors (Lipinski definition) is 1. The molecule has 0 saturated carbocycles. The first-order valence-corrected chi connectivity index (χ1v) is 8.29. The van der Waals surface area contributed by atoms with Crippen molar-refractivity contribution in [3.8, 4) is 22.3 Å². The Bertz CT molecular complexity index is 1180. The summed E-state index contributed by atoms with van der Waals surface area (Å²) in [4.78, 5) is 1.22. The number of hydrogen-bond acceptors (Lipinski definition) is 3. The van der Waals surface area contributed by atoms with Crippen LogP contribution in [0, 0.1) is 23.3 Å². The van der Waals surface area contributed by atoms with Crippen molar-refractivity contribution in [3.05, 3.63) is 71.3 Å². The molecule has 0 spiro atoms. The molecule has 0 aliphatic carbocycles. The van der Waals surface area contributed by atoms with Crippen molar-refractivity contribution in [1.82, 2.24) is 15.0 Å². The maximum absolute atomic E-state index is 14.8. The molecule has 1 heterocycles. The molecule has 4 rings (SSSR count). The zero-order chi connectivity index (χ0) is 20.0. The zero-order valence-electron chi connectivity index (χ0n) is 14.5. The summed E-state index contributed by atoms with van der Waals surface area (Å²) in [6, 6.07) is 9.85. The molecular weight excluding hydrogens is 374 g/mol. The first-order chi connectivity index (χ1) is 13.4. The predicted octanol–water partition coefficient (Wildman–Crippen LogP) is 4.35. The maximum Gasteiger partial charge on any atom is 0.170 e. The molecule has 0 aliphatic rings. The molecular formula is C20H13F4N3O. The number of aliphatic hydroxyl groups excluding tert-OH is 1. The summed E-state index contributed by atoms with van der Waals surface area (Å²) >= 11 is 0. The maximum atomic E-state index is 14.8. The molecule has 0 amide bonds. The van der Waals surface area contributed by atoms with Gasteiger partial charge in [0.15, 0.2) is 23.3 Å². The Balaban J connectivity index is 2.01. The standard InChI is InChI=1S/C20H13F4N3O/c1-27-25-13-8-11(7-12(9-28)20(13)26-27)15-18(23)16(21)14(17(22)19(15)24)10-5-3-2-4-6-10/h2-8,28H,9H2,1H3. The molecule has 28 heavy (non-hydrogen) atoms. The third kappa shape index (κ3) is 2.73. The molecule has 0 unspecified atom stereocenters. The third-order valence-corrected chi connectivity index (χ3v) is 4.45. The number of halogens is 4. The van der Waals surface area contributed by atoms with Crippen molar-refractivity contribution in [2.24, 2.45) is 7.05 Å². The number of aryl methyl sites for hydroxylation is 1. The molecule has 4 aromatic rings. The minimum Gasteiger partial charge on any atom is -0.392 e. The SMILES string of the molecule is Cn1nc2cc(-c3c(F)c(F)c(-c4ccccc4)c(F)c3F)cc(CO)c2n1. The normalized spacial score (nSPS) is 11.4. The van der Waals surface area contributed by atoms with Crippen LogP contribution in [-0.4, -0.2) is 20.1 Å². The van der Waals surface area contributed by atoms with E-state index in [9.17, 15) is 22.7 Å². The van der Waals surface area contributed by atoms with Crippen molar-refractivity contribution in [1.29, 1.82) is 0 Å². The van der Waals surface area contributed by atoms with Gasteiger partial charge in [-0.2, -0.15) is 15.0 Å². The molecule has 4 nitrogen and oxygen atoms in total. The lowest BCUT2D eigenvalue weighted by atomic mass is 9.96. The molecule has 1 aromatic heterocycles. The molecule has 0 radical (unpaired) electrons. The molecule has 142 valence electrons. The van der Waals surface area contributed by atoms with Gasteiger partial charge >= 0.3 is 0 Å². The third-order valence-electron chi connectivity index (χ3n) is 4.45. The Morgan fingerprint density at radius 3 is 1.96 bits per heavy atom. The highest BCUT2D eigenvalue weighted by Gasteiger charge is 2.27. The molecule has 3 aromatic carbocycles. The molecule has 8 heteroatoms. The van der Waals surface area contributed by atoms with Crippen LogP contribution in [0.1, 0.15) is 5.56 Å². The van der Waals surface area contributed by atoms with E-state index in [1.165, 1.54) is 48.2 Å². The van der Waals surface area contributed by atoms with E-state index in [1.807, 2.05) is 0 Å². The van der Waals surface area contributed by atoms with E-state index in [2.05, 4.69) is 10.2 Å². The summed E-state index contributed by atoms with van der Waals surface area (Å²) in [6.07, 6.45) is 0. The van der Waals surface area contributed by atoms with Crippen LogP contribution in [0.25, 0.3) is 33.3 Å². The molecule has 0 aliphatic heterocycles. The van der Waals surface area contributed by atoms with E-state index in [0.29, 0.717) is 5.52 Å². The van der Waals surface area contributed by atoms with Crippen LogP contribution in [-0.2, 0) is 13.7 Å². The smallest absolute Gasteiger partial charge is 0.170 e. The Kier molecular flexibility index (Phi) is 4.35. The topological polar surface area (TPSA) is 50.9 Å². The fraction of sp³-hybridized carbons (Fsp3) is 0.100. The van der Waals surface area contributed by atoms with Crippen molar-refractivity contribution in [2.75, 3.05) is 0 Å². The van der Waals surface area contributed by atoms with Crippen LogP contribution in [0.2, 0.25) is 0 Å². The van der Waals surface area contributed by atoms with Gasteiger partial charge in [-0.25, -0.2) is 17.6 Å². The Morgan fingerprint density at radius 2 is 1.39 bits per heavy atom. The fourth-order valence-corrected chi connectivity index (χ4v) is 3.20. The van der Waals surface area contributed by atoms with Gasteiger partial charge in [0.05, 0.1) is 17.7 Å². The highest BCUT2D eigenvalue weighted by atomic mass is 19.2. The minimum atomic E-state index is -1.52. The summed E-state index contributed by atoms with van der Waals surface area (Å²) in [7, 11) is 1.54. The van der Waals surface area contributed by atoms with Crippen LogP contribution in [0.5, 0.6) is 0 Å². The second kappa shape index (κ2) is 6.72. The number of aromatic nitrogens is 3. The van der Waals surface area contributed by atoms with E-state index in [4.69, 9.17) is 0 Å². The van der Waals surface area contributed by atoms with Gasteiger partial charge in [-0.15, -0.1) is 0 Å². The number of benzene rings is 3. The average Bonchev–Trinajstić information content (AvgIpc) is 3.07. The van der Waals surface area contributed by atoms with Crippen LogP contribution >= 0.6 is 0 Å². The summed E-state index contributed by atoms with van der Waals surface area (Å²) in [5, 5.41) is 17.6. The molecule has 0 atom stereocenters. The van der Waals surface area contributed by atoms with E-state index >= 15 is 0 Å². The fourth-order valence-electron chi connectivity index (χ4n) is 3.20. The minimum absolute atomic E-state index is 0.0160. The number of aliphatic hydroxyl groups is 1. The number of fused-ring (bicyclic) bond motifs is 1. The van der Waals surface area contributed by atoms with Crippen LogP contribution in [0.4, 0.5) is 17.6 Å². The second-order valence-electron chi connectivity index (χ2n) is 6.22. The van der Waals surface area contributed by atoms with Crippen molar-refractivity contribution in [2.45, 2.75) is 6.61 Å². The van der Waals surface area contributed by atoms with Gasteiger partial charge in [0, 0.05) is 12.6 Å². The molecule has 0 saturated heterocycles. The van der Waals surface area contributed by atoms with Gasteiger partial charge < -0.3 is 5.11 Å². The number of nitrogens with zero attached hydrogens (tertiary/aromatic N) is 3. The monoisotopic (exact) mass is 387 g/mol. The highest BCUT2D eigenvalue weighted by molar-refractivity contribution is 5.85. The van der Waals surface area contributed by atoms with Crippen molar-refractivity contribution in [3.63, 3.8) is 0 Å². The van der Waals surface area contributed by atoms with Gasteiger partial charge in [0.2, 0.25) is 0 Å². The Morgan fingerprint density at radius 1 is 0.821 bits per heavy atom. The van der Waals surface area contributed by atoms with Crippen molar-refractivity contribution >= 4 is 11.0 Å². The van der Waals surface area contributed by atoms with E-state index in [-0.39, 0.29) is 22.2 Å². The van der Waals surface area contributed by atoms with Crippen LogP contribution < -0.4 is 0 Å². The van der Waals surface area contributed by atoms with Gasteiger partial charge in [0.25, 0.3) is 0 Å². The van der Waals surface area contributed by atoms with Gasteiger partial charge in [-0.1, -0.05) is 30.3 Å². The van der Waals surface area contributed by atoms with E-state index < -0.39 is 41.0 Å². The molecule has 0 bridgehead atoms. The first kappa shape index (κ1) is 18.1. The van der Waals surface area contributed by atoms with Crippen molar-refractivity contribution < 1.29 is 22.7 Å². The largest absolute Gasteiger partial charge is 0.392 e. The molecule has 1 N–H and O–H groups in total. The predicted molar refractivity (Wildman–Crippen MR) is 95.1 cm³/mol. The van der Waals surface area contributed by atoms with Gasteiger partial charge in [-0.05, 0) is 23.3 Å². The van der Waals surface area contributed by atoms with E-state index in [1.54, 1.807) is 6.07 Å². The Labute approximate surface area is 156 Å². The summed E-state index contributed by atoms with van der Waals surface area (Å²) in [5.74, 6) is -6.04. The zero-order valence-corrected chi connectivity index (χ0v) is 14.5. The van der Waals surface area contributed by atoms with Crippen LogP contribution in [0.15, 0.2) is 42.5 Å². The van der Waals surface area contributed by atoms with Gasteiger partial charge in [0.1, 0.15) is 11.0 Å². The molecule has 0 fully saturated rings. The summed E-state index contributed by atoms with van der Waals surface area (Å²) < 4.78 is 59.1.